The molecule has 1 aromatic rings. The third-order valence-electron chi connectivity index (χ3n) is 3.23. The minimum absolute atomic E-state index is 0.112. The number of rotatable bonds is 6. The van der Waals surface area contributed by atoms with Gasteiger partial charge in [0.15, 0.2) is 5.82 Å². The summed E-state index contributed by atoms with van der Waals surface area (Å²) in [7, 11) is 1.65. The molecule has 0 amide bonds. The van der Waals surface area contributed by atoms with Crippen LogP contribution in [0, 0.1) is 0 Å². The first-order chi connectivity index (χ1) is 8.76. The molecular weight excluding hydrogens is 250 g/mol. The van der Waals surface area contributed by atoms with Crippen LogP contribution < -0.4 is 5.32 Å². The fourth-order valence-corrected chi connectivity index (χ4v) is 3.37. The van der Waals surface area contributed by atoms with Gasteiger partial charge in [0, 0.05) is 24.7 Å². The molecule has 0 bridgehead atoms. The lowest BCUT2D eigenvalue weighted by atomic mass is 10.0. The van der Waals surface area contributed by atoms with Crippen molar-refractivity contribution >= 4 is 11.8 Å². The van der Waals surface area contributed by atoms with Crippen molar-refractivity contribution in [2.75, 3.05) is 25.2 Å². The van der Waals surface area contributed by atoms with Crippen LogP contribution in [0.4, 0.5) is 0 Å². The van der Waals surface area contributed by atoms with Gasteiger partial charge >= 0.3 is 0 Å². The zero-order valence-corrected chi connectivity index (χ0v) is 12.0. The van der Waals surface area contributed by atoms with Crippen molar-refractivity contribution in [2.45, 2.75) is 38.3 Å². The molecule has 1 aliphatic heterocycles. The molecule has 0 spiro atoms. The van der Waals surface area contributed by atoms with Gasteiger partial charge in [0.05, 0.1) is 5.92 Å². The van der Waals surface area contributed by atoms with Crippen LogP contribution in [-0.2, 0) is 4.74 Å². The summed E-state index contributed by atoms with van der Waals surface area (Å²) in [4.78, 5) is 4.47. The van der Waals surface area contributed by atoms with Gasteiger partial charge in [-0.15, -0.1) is 0 Å². The Morgan fingerprint density at radius 1 is 1.56 bits per heavy atom. The number of methoxy groups -OCH3 is 1. The van der Waals surface area contributed by atoms with E-state index in [0.29, 0.717) is 17.8 Å². The molecule has 6 heteroatoms. The van der Waals surface area contributed by atoms with E-state index in [0.717, 1.165) is 30.4 Å². The van der Waals surface area contributed by atoms with Crippen LogP contribution in [0.2, 0.25) is 0 Å². The molecule has 0 saturated carbocycles. The fraction of sp³-hybridized carbons (Fsp3) is 0.833. The molecule has 0 aromatic carbocycles. The summed E-state index contributed by atoms with van der Waals surface area (Å²) in [6.07, 6.45) is 1.03. The van der Waals surface area contributed by atoms with Gasteiger partial charge in [-0.05, 0) is 19.9 Å². The van der Waals surface area contributed by atoms with Gasteiger partial charge in [0.2, 0.25) is 5.89 Å². The summed E-state index contributed by atoms with van der Waals surface area (Å²) in [5.41, 5.74) is 0. The van der Waals surface area contributed by atoms with Gasteiger partial charge in [0.1, 0.15) is 6.10 Å². The van der Waals surface area contributed by atoms with Gasteiger partial charge in [0.25, 0.3) is 0 Å². The topological polar surface area (TPSA) is 60.2 Å². The van der Waals surface area contributed by atoms with Crippen LogP contribution in [0.15, 0.2) is 4.52 Å². The monoisotopic (exact) mass is 271 g/mol. The van der Waals surface area contributed by atoms with Crippen molar-refractivity contribution in [3.05, 3.63) is 11.7 Å². The molecule has 1 aliphatic rings. The Kier molecular flexibility index (Phi) is 5.03. The molecule has 0 aliphatic carbocycles. The average Bonchev–Trinajstić information content (AvgIpc) is 3.03. The van der Waals surface area contributed by atoms with Gasteiger partial charge in [-0.25, -0.2) is 0 Å². The Bertz CT molecular complexity index is 372. The van der Waals surface area contributed by atoms with E-state index in [1.807, 2.05) is 18.7 Å². The van der Waals surface area contributed by atoms with E-state index in [2.05, 4.69) is 22.4 Å². The summed E-state index contributed by atoms with van der Waals surface area (Å²) >= 11 is 1.94. The number of nitrogens with zero attached hydrogens (tertiary/aromatic N) is 2. The Labute approximate surface area is 112 Å². The maximum absolute atomic E-state index is 5.39. The zero-order valence-electron chi connectivity index (χ0n) is 11.2. The summed E-state index contributed by atoms with van der Waals surface area (Å²) in [5, 5.41) is 7.55. The Morgan fingerprint density at radius 2 is 2.39 bits per heavy atom. The average molecular weight is 271 g/mol. The third kappa shape index (κ3) is 3.05. The van der Waals surface area contributed by atoms with Crippen LogP contribution in [0.1, 0.15) is 44.0 Å². The summed E-state index contributed by atoms with van der Waals surface area (Å²) < 4.78 is 10.6. The second-order valence-electron chi connectivity index (χ2n) is 4.57. The number of hydrogen-bond donors (Lipinski definition) is 1. The number of ether oxygens (including phenoxy) is 1. The molecule has 1 N–H and O–H groups in total. The molecule has 5 nitrogen and oxygen atoms in total. The molecular formula is C12H21N3O2S. The Hall–Kier alpha value is -0.590. The van der Waals surface area contributed by atoms with E-state index in [4.69, 9.17) is 9.26 Å². The van der Waals surface area contributed by atoms with Crippen molar-refractivity contribution in [1.29, 1.82) is 0 Å². The lowest BCUT2D eigenvalue weighted by Crippen LogP contribution is -2.34. The largest absolute Gasteiger partial charge is 0.374 e. The van der Waals surface area contributed by atoms with Crippen molar-refractivity contribution < 1.29 is 9.26 Å². The van der Waals surface area contributed by atoms with E-state index in [9.17, 15) is 0 Å². The van der Waals surface area contributed by atoms with Crippen LogP contribution in [0.25, 0.3) is 0 Å². The van der Waals surface area contributed by atoms with E-state index in [1.54, 1.807) is 7.11 Å². The Morgan fingerprint density at radius 3 is 3.11 bits per heavy atom. The van der Waals surface area contributed by atoms with Gasteiger partial charge in [-0.2, -0.15) is 16.7 Å². The van der Waals surface area contributed by atoms with Crippen LogP contribution in [0.5, 0.6) is 0 Å². The second-order valence-corrected chi connectivity index (χ2v) is 5.65. The smallest absolute Gasteiger partial charge is 0.232 e. The number of hydrogen-bond acceptors (Lipinski definition) is 6. The summed E-state index contributed by atoms with van der Waals surface area (Å²) in [5.74, 6) is 3.87. The van der Waals surface area contributed by atoms with Crippen LogP contribution in [0.3, 0.4) is 0 Å². The van der Waals surface area contributed by atoms with E-state index in [1.165, 1.54) is 0 Å². The molecule has 0 radical (unpaired) electrons. The predicted octanol–water partition coefficient (Wildman–Crippen LogP) is 1.98. The first-order valence-electron chi connectivity index (χ1n) is 6.43. The highest BCUT2D eigenvalue weighted by atomic mass is 32.2. The van der Waals surface area contributed by atoms with Crippen molar-refractivity contribution in [3.63, 3.8) is 0 Å². The first kappa shape index (κ1) is 13.8. The van der Waals surface area contributed by atoms with E-state index < -0.39 is 0 Å². The number of aromatic nitrogens is 2. The quantitative estimate of drug-likeness (QED) is 0.853. The standard InChI is InChI=1S/C12H21N3O2S/c1-4-5-13-10-7-18-6-9(10)12-14-11(15-17-12)8(2)16-3/h8-10,13H,4-7H2,1-3H3. The summed E-state index contributed by atoms with van der Waals surface area (Å²) in [6, 6.07) is 0.445. The molecule has 1 saturated heterocycles. The SMILES string of the molecule is CCCNC1CSCC1c1nc(C(C)OC)no1. The van der Waals surface area contributed by atoms with E-state index >= 15 is 0 Å². The number of thioether (sulfide) groups is 1. The minimum Gasteiger partial charge on any atom is -0.374 e. The lowest BCUT2D eigenvalue weighted by Gasteiger charge is -2.16. The normalized spacial score (nSPS) is 25.5. The summed E-state index contributed by atoms with van der Waals surface area (Å²) in [6.45, 7) is 5.14. The van der Waals surface area contributed by atoms with Crippen molar-refractivity contribution in [1.82, 2.24) is 15.5 Å². The van der Waals surface area contributed by atoms with Crippen molar-refractivity contribution in [3.8, 4) is 0 Å². The molecule has 18 heavy (non-hydrogen) atoms. The highest BCUT2D eigenvalue weighted by Crippen LogP contribution is 2.32. The molecule has 1 fully saturated rings. The minimum atomic E-state index is -0.112. The molecule has 102 valence electrons. The van der Waals surface area contributed by atoms with Crippen LogP contribution in [-0.4, -0.2) is 41.3 Å². The van der Waals surface area contributed by atoms with Gasteiger partial charge < -0.3 is 14.6 Å². The van der Waals surface area contributed by atoms with Crippen LogP contribution >= 0.6 is 11.8 Å². The van der Waals surface area contributed by atoms with Gasteiger partial charge in [-0.1, -0.05) is 12.1 Å². The highest BCUT2D eigenvalue weighted by molar-refractivity contribution is 7.99. The molecule has 3 unspecified atom stereocenters. The molecule has 1 aromatic heterocycles. The van der Waals surface area contributed by atoms with Gasteiger partial charge in [-0.3, -0.25) is 0 Å². The highest BCUT2D eigenvalue weighted by Gasteiger charge is 2.33. The van der Waals surface area contributed by atoms with E-state index in [-0.39, 0.29) is 6.10 Å². The molecule has 2 rings (SSSR count). The maximum atomic E-state index is 5.39. The maximum Gasteiger partial charge on any atom is 0.232 e. The predicted molar refractivity (Wildman–Crippen MR) is 71.9 cm³/mol. The molecule has 2 heterocycles. The molecule has 3 atom stereocenters. The fourth-order valence-electron chi connectivity index (χ4n) is 2.00. The second kappa shape index (κ2) is 6.54. The lowest BCUT2D eigenvalue weighted by molar-refractivity contribution is 0.109. The Balaban J connectivity index is 2.03. The van der Waals surface area contributed by atoms with Crippen molar-refractivity contribution in [2.24, 2.45) is 0 Å². The zero-order chi connectivity index (χ0) is 13.0. The first-order valence-corrected chi connectivity index (χ1v) is 7.59. The number of nitrogens with one attached hydrogen (secondary N) is 1. The third-order valence-corrected chi connectivity index (χ3v) is 4.42.